The average Bonchev–Trinajstić information content (AvgIpc) is 2.65. The first-order chi connectivity index (χ1) is 6.45. The number of nitrogens with zero attached hydrogens (tertiary/aromatic N) is 1. The zero-order chi connectivity index (χ0) is 8.67. The standard InChI is InChI=1S/C11H7NS/c1-2-4-10-8(3-1)9-5-6-13-11(9)7-12-10/h1-7H. The van der Waals surface area contributed by atoms with E-state index >= 15 is 0 Å². The maximum Gasteiger partial charge on any atom is 0.0709 e. The van der Waals surface area contributed by atoms with Gasteiger partial charge < -0.3 is 0 Å². The average molecular weight is 185 g/mol. The third-order valence-electron chi connectivity index (χ3n) is 2.21. The van der Waals surface area contributed by atoms with Crippen LogP contribution in [-0.4, -0.2) is 4.98 Å². The van der Waals surface area contributed by atoms with Crippen LogP contribution in [0, 0.1) is 0 Å². The summed E-state index contributed by atoms with van der Waals surface area (Å²) in [7, 11) is 0. The van der Waals surface area contributed by atoms with E-state index in [1.807, 2.05) is 18.3 Å². The summed E-state index contributed by atoms with van der Waals surface area (Å²) in [4.78, 5) is 4.39. The van der Waals surface area contributed by atoms with Gasteiger partial charge in [-0.15, -0.1) is 11.3 Å². The second-order valence-corrected chi connectivity index (χ2v) is 3.92. The predicted molar refractivity (Wildman–Crippen MR) is 57.1 cm³/mol. The lowest BCUT2D eigenvalue weighted by Crippen LogP contribution is -1.76. The monoisotopic (exact) mass is 185 g/mol. The summed E-state index contributed by atoms with van der Waals surface area (Å²) in [5.41, 5.74) is 1.08. The number of hydrogen-bond donors (Lipinski definition) is 0. The molecule has 0 spiro atoms. The quantitative estimate of drug-likeness (QED) is 0.522. The summed E-state index contributed by atoms with van der Waals surface area (Å²) in [6.07, 6.45) is 1.95. The van der Waals surface area contributed by atoms with Crippen LogP contribution in [0.25, 0.3) is 21.0 Å². The molecule has 0 saturated heterocycles. The Labute approximate surface area is 79.7 Å². The molecule has 3 rings (SSSR count). The molecule has 0 atom stereocenters. The van der Waals surface area contributed by atoms with E-state index in [9.17, 15) is 0 Å². The number of pyridine rings is 1. The van der Waals surface area contributed by atoms with Crippen LogP contribution in [0.15, 0.2) is 41.9 Å². The summed E-state index contributed by atoms with van der Waals surface area (Å²) >= 11 is 1.74. The van der Waals surface area contributed by atoms with E-state index in [0.29, 0.717) is 0 Å². The predicted octanol–water partition coefficient (Wildman–Crippen LogP) is 3.45. The highest BCUT2D eigenvalue weighted by Crippen LogP contribution is 2.26. The van der Waals surface area contributed by atoms with Crippen molar-refractivity contribution >= 4 is 32.3 Å². The molecule has 0 N–H and O–H groups in total. The van der Waals surface area contributed by atoms with Gasteiger partial charge in [0, 0.05) is 17.0 Å². The third-order valence-corrected chi connectivity index (χ3v) is 3.06. The van der Waals surface area contributed by atoms with Crippen LogP contribution in [0.2, 0.25) is 0 Å². The van der Waals surface area contributed by atoms with Crippen molar-refractivity contribution in [1.29, 1.82) is 0 Å². The molecule has 1 nitrogen and oxygen atoms in total. The van der Waals surface area contributed by atoms with Crippen LogP contribution in [0.4, 0.5) is 0 Å². The van der Waals surface area contributed by atoms with E-state index in [4.69, 9.17) is 0 Å². The fraction of sp³-hybridized carbons (Fsp3) is 0. The first-order valence-electron chi connectivity index (χ1n) is 4.16. The van der Waals surface area contributed by atoms with Crippen LogP contribution < -0.4 is 0 Å². The molecule has 2 heterocycles. The van der Waals surface area contributed by atoms with Crippen LogP contribution in [0.5, 0.6) is 0 Å². The topological polar surface area (TPSA) is 12.9 Å². The van der Waals surface area contributed by atoms with Gasteiger partial charge in [0.1, 0.15) is 0 Å². The molecule has 13 heavy (non-hydrogen) atoms. The highest BCUT2D eigenvalue weighted by molar-refractivity contribution is 7.17. The number of para-hydroxylation sites is 1. The van der Waals surface area contributed by atoms with Crippen LogP contribution in [-0.2, 0) is 0 Å². The summed E-state index contributed by atoms with van der Waals surface area (Å²) in [6, 6.07) is 10.4. The normalized spacial score (nSPS) is 11.1. The molecule has 2 heteroatoms. The van der Waals surface area contributed by atoms with Crippen molar-refractivity contribution < 1.29 is 0 Å². The van der Waals surface area contributed by atoms with Crippen molar-refractivity contribution in [2.24, 2.45) is 0 Å². The number of rotatable bonds is 0. The molecule has 0 aliphatic heterocycles. The van der Waals surface area contributed by atoms with E-state index < -0.39 is 0 Å². The number of fused-ring (bicyclic) bond motifs is 3. The molecule has 0 radical (unpaired) electrons. The number of benzene rings is 1. The van der Waals surface area contributed by atoms with Crippen molar-refractivity contribution in [3.63, 3.8) is 0 Å². The molecule has 0 saturated carbocycles. The molecule has 0 amide bonds. The van der Waals surface area contributed by atoms with Crippen molar-refractivity contribution in [3.05, 3.63) is 41.9 Å². The van der Waals surface area contributed by atoms with Gasteiger partial charge >= 0.3 is 0 Å². The Morgan fingerprint density at radius 3 is 2.92 bits per heavy atom. The summed E-state index contributed by atoms with van der Waals surface area (Å²) in [5.74, 6) is 0. The SMILES string of the molecule is c1ccc2c(c1)ncc1sccc12. The lowest BCUT2D eigenvalue weighted by atomic mass is 10.1. The van der Waals surface area contributed by atoms with Gasteiger partial charge in [0.25, 0.3) is 0 Å². The Kier molecular flexibility index (Phi) is 1.37. The zero-order valence-electron chi connectivity index (χ0n) is 6.90. The second kappa shape index (κ2) is 2.54. The Morgan fingerprint density at radius 1 is 1.00 bits per heavy atom. The lowest BCUT2D eigenvalue weighted by molar-refractivity contribution is 1.46. The molecule has 62 valence electrons. The van der Waals surface area contributed by atoms with Gasteiger partial charge in [0.05, 0.1) is 10.2 Å². The Hall–Kier alpha value is -1.41. The van der Waals surface area contributed by atoms with E-state index in [1.54, 1.807) is 11.3 Å². The van der Waals surface area contributed by atoms with Gasteiger partial charge in [0.2, 0.25) is 0 Å². The Balaban J connectivity index is 2.65. The molecule has 0 fully saturated rings. The Morgan fingerprint density at radius 2 is 1.92 bits per heavy atom. The maximum atomic E-state index is 4.39. The minimum Gasteiger partial charge on any atom is -0.255 e. The summed E-state index contributed by atoms with van der Waals surface area (Å²) in [5, 5.41) is 4.68. The van der Waals surface area contributed by atoms with E-state index in [-0.39, 0.29) is 0 Å². The van der Waals surface area contributed by atoms with Crippen molar-refractivity contribution in [2.45, 2.75) is 0 Å². The molecular weight excluding hydrogens is 178 g/mol. The molecule has 0 bridgehead atoms. The first-order valence-corrected chi connectivity index (χ1v) is 5.04. The zero-order valence-corrected chi connectivity index (χ0v) is 7.71. The van der Waals surface area contributed by atoms with Gasteiger partial charge in [-0.2, -0.15) is 0 Å². The largest absolute Gasteiger partial charge is 0.255 e. The molecule has 0 aliphatic carbocycles. The molecular formula is C11H7NS. The van der Waals surface area contributed by atoms with Crippen molar-refractivity contribution in [1.82, 2.24) is 4.98 Å². The smallest absolute Gasteiger partial charge is 0.0709 e. The van der Waals surface area contributed by atoms with Gasteiger partial charge in [0.15, 0.2) is 0 Å². The highest BCUT2D eigenvalue weighted by Gasteiger charge is 2.00. The maximum absolute atomic E-state index is 4.39. The minimum atomic E-state index is 1.08. The highest BCUT2D eigenvalue weighted by atomic mass is 32.1. The van der Waals surface area contributed by atoms with Crippen molar-refractivity contribution in [3.8, 4) is 0 Å². The van der Waals surface area contributed by atoms with Gasteiger partial charge in [-0.3, -0.25) is 4.98 Å². The van der Waals surface area contributed by atoms with Gasteiger partial charge in [-0.1, -0.05) is 18.2 Å². The lowest BCUT2D eigenvalue weighted by Gasteiger charge is -1.96. The fourth-order valence-corrected chi connectivity index (χ4v) is 2.35. The van der Waals surface area contributed by atoms with Gasteiger partial charge in [-0.05, 0) is 17.5 Å². The van der Waals surface area contributed by atoms with E-state index in [2.05, 4.69) is 28.6 Å². The number of hydrogen-bond acceptors (Lipinski definition) is 2. The minimum absolute atomic E-state index is 1.08. The first kappa shape index (κ1) is 7.04. The Bertz CT molecular complexity index is 568. The van der Waals surface area contributed by atoms with Crippen LogP contribution >= 0.6 is 11.3 Å². The molecule has 0 unspecified atom stereocenters. The molecule has 1 aromatic carbocycles. The molecule has 0 aliphatic rings. The fourth-order valence-electron chi connectivity index (χ4n) is 1.59. The van der Waals surface area contributed by atoms with Crippen molar-refractivity contribution in [2.75, 3.05) is 0 Å². The van der Waals surface area contributed by atoms with Crippen LogP contribution in [0.1, 0.15) is 0 Å². The third kappa shape index (κ3) is 0.956. The van der Waals surface area contributed by atoms with Gasteiger partial charge in [-0.25, -0.2) is 0 Å². The molecule has 3 aromatic rings. The summed E-state index contributed by atoms with van der Waals surface area (Å²) in [6.45, 7) is 0. The van der Waals surface area contributed by atoms with E-state index in [1.165, 1.54) is 15.5 Å². The number of aromatic nitrogens is 1. The van der Waals surface area contributed by atoms with Crippen LogP contribution in [0.3, 0.4) is 0 Å². The van der Waals surface area contributed by atoms with E-state index in [0.717, 1.165) is 5.52 Å². The summed E-state index contributed by atoms with van der Waals surface area (Å²) < 4.78 is 1.26. The number of thiophene rings is 1. The second-order valence-electron chi connectivity index (χ2n) is 2.97. The molecule has 2 aromatic heterocycles.